The Hall–Kier alpha value is -1.89. The van der Waals surface area contributed by atoms with Crippen molar-refractivity contribution in [3.8, 4) is 0 Å². The van der Waals surface area contributed by atoms with Gasteiger partial charge < -0.3 is 19.3 Å². The van der Waals surface area contributed by atoms with Crippen LogP contribution >= 0.6 is 0 Å². The Morgan fingerprint density at radius 2 is 1.68 bits per heavy atom. The summed E-state index contributed by atoms with van der Waals surface area (Å²) in [7, 11) is 0. The van der Waals surface area contributed by atoms with Crippen molar-refractivity contribution in [2.24, 2.45) is 39.4 Å². The summed E-state index contributed by atoms with van der Waals surface area (Å²) in [6.07, 6.45) is 6.36. The van der Waals surface area contributed by atoms with Crippen molar-refractivity contribution in [3.05, 3.63) is 11.1 Å². The first kappa shape index (κ1) is 30.6. The highest BCUT2D eigenvalue weighted by Gasteiger charge is 2.70. The van der Waals surface area contributed by atoms with E-state index in [1.54, 1.807) is 6.92 Å². The minimum Gasteiger partial charge on any atom is -0.462 e. The van der Waals surface area contributed by atoms with Crippen LogP contribution in [-0.4, -0.2) is 47.4 Å². The fraction of sp³-hybridized carbons (Fsp3) is 0.853. The van der Waals surface area contributed by atoms with Gasteiger partial charge in [-0.1, -0.05) is 41.0 Å². The highest BCUT2D eigenvalue weighted by molar-refractivity contribution is 5.94. The lowest BCUT2D eigenvalue weighted by Gasteiger charge is -2.70. The van der Waals surface area contributed by atoms with Gasteiger partial charge in [-0.25, -0.2) is 4.79 Å². The van der Waals surface area contributed by atoms with E-state index in [4.69, 9.17) is 14.2 Å². The molecule has 5 rings (SSSR count). The number of ether oxygens (including phenoxy) is 3. The summed E-state index contributed by atoms with van der Waals surface area (Å²) < 4.78 is 18.1. The quantitative estimate of drug-likeness (QED) is 0.294. The Bertz CT molecular complexity index is 1130. The van der Waals surface area contributed by atoms with Crippen molar-refractivity contribution in [2.75, 3.05) is 0 Å². The Morgan fingerprint density at radius 1 is 1.00 bits per heavy atom. The van der Waals surface area contributed by atoms with E-state index < -0.39 is 23.6 Å². The molecule has 0 bridgehead atoms. The van der Waals surface area contributed by atoms with Crippen LogP contribution in [0.1, 0.15) is 120 Å². The van der Waals surface area contributed by atoms with E-state index in [2.05, 4.69) is 34.6 Å². The number of aliphatic hydroxyl groups is 1. The first-order valence-electron chi connectivity index (χ1n) is 16.1. The molecule has 0 saturated heterocycles. The van der Waals surface area contributed by atoms with Gasteiger partial charge in [-0.05, 0) is 99.9 Å². The van der Waals surface area contributed by atoms with Gasteiger partial charge in [-0.2, -0.15) is 0 Å². The molecule has 3 fully saturated rings. The van der Waals surface area contributed by atoms with Crippen LogP contribution in [0.15, 0.2) is 11.1 Å². The number of hydrogen-bond donors (Lipinski definition) is 1. The van der Waals surface area contributed by atoms with Crippen LogP contribution in [0, 0.1) is 39.4 Å². The topological polar surface area (TPSA) is 99.1 Å². The lowest BCUT2D eigenvalue weighted by atomic mass is 9.34. The maximum Gasteiger partial charge on any atom is 0.335 e. The normalized spacial score (nSPS) is 44.9. The summed E-state index contributed by atoms with van der Waals surface area (Å²) >= 11 is 0. The van der Waals surface area contributed by atoms with Crippen LogP contribution in [0.3, 0.4) is 0 Å². The summed E-state index contributed by atoms with van der Waals surface area (Å²) in [5, 5.41) is 9.97. The molecule has 4 unspecified atom stereocenters. The van der Waals surface area contributed by atoms with E-state index in [-0.39, 0.29) is 58.6 Å². The van der Waals surface area contributed by atoms with Crippen molar-refractivity contribution in [3.63, 3.8) is 0 Å². The molecule has 0 spiro atoms. The SMILES string of the molecule is CCC(=O)OC(C)[C@@]1(C)CCC[C@@]2(C)C1CC[C@]1(C)C2C[C@H](OC(=O)CC(C)O)[C@]2(C)C3=C(CC[C@H]21)[C@@H](C)OC3=O. The summed E-state index contributed by atoms with van der Waals surface area (Å²) in [4.78, 5) is 38.9. The molecule has 7 nitrogen and oxygen atoms in total. The lowest BCUT2D eigenvalue weighted by molar-refractivity contribution is -0.237. The Balaban J connectivity index is 1.57. The predicted molar refractivity (Wildman–Crippen MR) is 154 cm³/mol. The smallest absolute Gasteiger partial charge is 0.335 e. The van der Waals surface area contributed by atoms with Crippen LogP contribution in [-0.2, 0) is 28.6 Å². The van der Waals surface area contributed by atoms with Gasteiger partial charge in [0, 0.05) is 22.8 Å². The fourth-order valence-electron chi connectivity index (χ4n) is 11.0. The van der Waals surface area contributed by atoms with Gasteiger partial charge in [0.05, 0.1) is 12.5 Å². The molecule has 11 atom stereocenters. The summed E-state index contributed by atoms with van der Waals surface area (Å²) in [6.45, 7) is 16.8. The van der Waals surface area contributed by atoms with Gasteiger partial charge in [0.25, 0.3) is 0 Å². The van der Waals surface area contributed by atoms with E-state index in [0.29, 0.717) is 18.8 Å². The number of esters is 3. The number of hydrogen-bond acceptors (Lipinski definition) is 7. The fourth-order valence-corrected chi connectivity index (χ4v) is 11.0. The van der Waals surface area contributed by atoms with Crippen LogP contribution in [0.2, 0.25) is 0 Å². The average molecular weight is 573 g/mol. The van der Waals surface area contributed by atoms with Crippen molar-refractivity contribution >= 4 is 17.9 Å². The number of cyclic esters (lactones) is 1. The zero-order valence-electron chi connectivity index (χ0n) is 26.5. The molecule has 230 valence electrons. The van der Waals surface area contributed by atoms with Crippen LogP contribution < -0.4 is 0 Å². The van der Waals surface area contributed by atoms with Crippen LogP contribution in [0.25, 0.3) is 0 Å². The van der Waals surface area contributed by atoms with E-state index in [1.807, 2.05) is 13.8 Å². The molecular weight excluding hydrogens is 520 g/mol. The van der Waals surface area contributed by atoms with E-state index in [9.17, 15) is 19.5 Å². The molecular formula is C34H52O7. The van der Waals surface area contributed by atoms with Crippen molar-refractivity contribution in [1.29, 1.82) is 0 Å². The van der Waals surface area contributed by atoms with Gasteiger partial charge in [-0.3, -0.25) is 9.59 Å². The highest BCUT2D eigenvalue weighted by atomic mass is 16.6. The largest absolute Gasteiger partial charge is 0.462 e. The number of fused-ring (bicyclic) bond motifs is 6. The molecule has 0 aromatic heterocycles. The molecule has 0 amide bonds. The summed E-state index contributed by atoms with van der Waals surface area (Å²) in [5.41, 5.74) is 0.979. The monoisotopic (exact) mass is 572 g/mol. The van der Waals surface area contributed by atoms with Gasteiger partial charge in [0.15, 0.2) is 0 Å². The van der Waals surface area contributed by atoms with Crippen molar-refractivity contribution < 1.29 is 33.7 Å². The molecule has 4 aliphatic carbocycles. The van der Waals surface area contributed by atoms with Crippen LogP contribution in [0.5, 0.6) is 0 Å². The van der Waals surface area contributed by atoms with Gasteiger partial charge in [-0.15, -0.1) is 0 Å². The average Bonchev–Trinajstić information content (AvgIpc) is 3.18. The standard InChI is InChI=1S/C34H52O7/c1-9-27(36)40-21(4)31(5)14-10-15-32(6)23(31)13-16-33(7)24-12-11-22-20(3)39-30(38)29(22)34(24,8)26(18-25(32)33)41-28(37)17-19(2)35/h19-21,23-26,35H,9-18H2,1-8H3/t19?,20-,21?,23?,24+,25?,26+,31-,32+,33+,34-/m1/s1. The molecule has 5 aliphatic rings. The lowest BCUT2D eigenvalue weighted by Crippen LogP contribution is -2.67. The third-order valence-corrected chi connectivity index (χ3v) is 13.0. The summed E-state index contributed by atoms with van der Waals surface area (Å²) in [6, 6.07) is 0. The molecule has 7 heteroatoms. The molecule has 1 aliphatic heterocycles. The van der Waals surface area contributed by atoms with Gasteiger partial charge in [0.2, 0.25) is 0 Å². The molecule has 0 aromatic rings. The van der Waals surface area contributed by atoms with Gasteiger partial charge in [0.1, 0.15) is 18.3 Å². The van der Waals surface area contributed by atoms with E-state index >= 15 is 0 Å². The van der Waals surface area contributed by atoms with Crippen molar-refractivity contribution in [2.45, 2.75) is 144 Å². The maximum atomic E-state index is 13.4. The number of carbonyl (C=O) groups excluding carboxylic acids is 3. The first-order valence-corrected chi connectivity index (χ1v) is 16.1. The Morgan fingerprint density at radius 3 is 2.34 bits per heavy atom. The molecule has 1 N–H and O–H groups in total. The third-order valence-electron chi connectivity index (χ3n) is 13.0. The van der Waals surface area contributed by atoms with E-state index in [0.717, 1.165) is 56.1 Å². The molecule has 3 saturated carbocycles. The molecule has 0 aromatic carbocycles. The highest BCUT2D eigenvalue weighted by Crippen LogP contribution is 2.74. The number of aliphatic hydroxyl groups excluding tert-OH is 1. The minimum absolute atomic E-state index is 0.0265. The van der Waals surface area contributed by atoms with Crippen molar-refractivity contribution in [1.82, 2.24) is 0 Å². The zero-order valence-corrected chi connectivity index (χ0v) is 26.5. The third kappa shape index (κ3) is 4.50. The van der Waals surface area contributed by atoms with Gasteiger partial charge >= 0.3 is 17.9 Å². The number of carbonyl (C=O) groups is 3. The summed E-state index contributed by atoms with van der Waals surface area (Å²) in [5.74, 6) is 0.00309. The second-order valence-corrected chi connectivity index (χ2v) is 15.1. The molecule has 0 radical (unpaired) electrons. The number of rotatable bonds is 6. The van der Waals surface area contributed by atoms with Crippen LogP contribution in [0.4, 0.5) is 0 Å². The second-order valence-electron chi connectivity index (χ2n) is 15.1. The minimum atomic E-state index is -0.791. The zero-order chi connectivity index (χ0) is 30.1. The first-order chi connectivity index (χ1) is 19.1. The van der Waals surface area contributed by atoms with E-state index in [1.165, 1.54) is 0 Å². The molecule has 1 heterocycles. The predicted octanol–water partition coefficient (Wildman–Crippen LogP) is 6.30. The second kappa shape index (κ2) is 10.4. The Labute approximate surface area is 246 Å². The molecule has 41 heavy (non-hydrogen) atoms. The maximum absolute atomic E-state index is 13.4. The Kier molecular flexibility index (Phi) is 7.74.